The third-order valence-corrected chi connectivity index (χ3v) is 5.95. The molecule has 28 heavy (non-hydrogen) atoms. The highest BCUT2D eigenvalue weighted by atomic mass is 19.4. The van der Waals surface area contributed by atoms with Gasteiger partial charge >= 0.3 is 6.18 Å². The van der Waals surface area contributed by atoms with E-state index in [1.807, 2.05) is 6.92 Å². The van der Waals surface area contributed by atoms with Gasteiger partial charge in [-0.2, -0.15) is 13.2 Å². The molecule has 0 bridgehead atoms. The minimum Gasteiger partial charge on any atom is -0.351 e. The van der Waals surface area contributed by atoms with Gasteiger partial charge in [-0.05, 0) is 63.9 Å². The summed E-state index contributed by atoms with van der Waals surface area (Å²) in [6.45, 7) is 5.16. The van der Waals surface area contributed by atoms with Crippen LogP contribution in [0.3, 0.4) is 0 Å². The number of aromatic nitrogens is 2. The van der Waals surface area contributed by atoms with Gasteiger partial charge in [-0.25, -0.2) is 0 Å². The number of benzene rings is 1. The van der Waals surface area contributed by atoms with Crippen molar-refractivity contribution in [2.45, 2.75) is 44.8 Å². The predicted octanol–water partition coefficient (Wildman–Crippen LogP) is 4.32. The van der Waals surface area contributed by atoms with Crippen LogP contribution in [0.2, 0.25) is 0 Å². The second-order valence-electron chi connectivity index (χ2n) is 7.91. The topological polar surface area (TPSA) is 32.3 Å². The summed E-state index contributed by atoms with van der Waals surface area (Å²) < 4.78 is 38.5. The van der Waals surface area contributed by atoms with Crippen molar-refractivity contribution in [3.05, 3.63) is 41.0 Å². The number of halogens is 3. The molecular formula is C21H25F3N4. The number of rotatable bonds is 2. The molecule has 2 aromatic rings. The van der Waals surface area contributed by atoms with Crippen LogP contribution in [0.1, 0.15) is 36.0 Å². The van der Waals surface area contributed by atoms with E-state index >= 15 is 0 Å². The van der Waals surface area contributed by atoms with Crippen LogP contribution in [0.25, 0.3) is 11.3 Å². The van der Waals surface area contributed by atoms with E-state index in [-0.39, 0.29) is 0 Å². The maximum absolute atomic E-state index is 12.8. The third kappa shape index (κ3) is 3.60. The summed E-state index contributed by atoms with van der Waals surface area (Å²) in [7, 11) is 2.15. The molecule has 0 saturated carbocycles. The van der Waals surface area contributed by atoms with Crippen molar-refractivity contribution in [3.8, 4) is 11.3 Å². The van der Waals surface area contributed by atoms with Crippen LogP contribution in [0.15, 0.2) is 24.3 Å². The summed E-state index contributed by atoms with van der Waals surface area (Å²) in [6, 6.07) is 5.65. The van der Waals surface area contributed by atoms with Gasteiger partial charge in [0, 0.05) is 30.3 Å². The van der Waals surface area contributed by atoms with Crippen molar-refractivity contribution < 1.29 is 13.2 Å². The van der Waals surface area contributed by atoms with E-state index in [9.17, 15) is 13.2 Å². The summed E-state index contributed by atoms with van der Waals surface area (Å²) in [4.78, 5) is 4.75. The summed E-state index contributed by atoms with van der Waals surface area (Å²) in [6.07, 6.45) is 0.00650. The average molecular weight is 390 g/mol. The Bertz CT molecular complexity index is 848. The average Bonchev–Trinajstić information content (AvgIpc) is 2.67. The van der Waals surface area contributed by atoms with E-state index in [0.717, 1.165) is 62.4 Å². The minimum atomic E-state index is -4.33. The number of hydrogen-bond acceptors (Lipinski definition) is 4. The highest BCUT2D eigenvalue weighted by Gasteiger charge is 2.32. The zero-order chi connectivity index (χ0) is 19.9. The van der Waals surface area contributed by atoms with Gasteiger partial charge < -0.3 is 9.80 Å². The van der Waals surface area contributed by atoms with E-state index in [0.29, 0.717) is 17.3 Å². The van der Waals surface area contributed by atoms with Gasteiger partial charge in [-0.3, -0.25) is 0 Å². The number of likely N-dealkylation sites (tertiary alicyclic amines) is 1. The summed E-state index contributed by atoms with van der Waals surface area (Å²) in [5.74, 6) is 0.958. The third-order valence-electron chi connectivity index (χ3n) is 5.95. The standard InChI is InChI=1S/C21H25F3N4/c1-14-18-6-4-12-28(17-5-3-11-27(2)13-17)20(18)26-25-19(14)15-7-9-16(10-8-15)21(22,23)24/h7-10,17H,3-6,11-13H2,1-2H3/t17-/m0/s1. The number of nitrogens with zero attached hydrogens (tertiary/aromatic N) is 4. The van der Waals surface area contributed by atoms with Gasteiger partial charge in [0.05, 0.1) is 11.3 Å². The molecule has 0 N–H and O–H groups in total. The van der Waals surface area contributed by atoms with E-state index in [1.165, 1.54) is 24.1 Å². The van der Waals surface area contributed by atoms with Crippen LogP contribution in [0.5, 0.6) is 0 Å². The van der Waals surface area contributed by atoms with Crippen molar-refractivity contribution in [1.29, 1.82) is 0 Å². The van der Waals surface area contributed by atoms with Crippen LogP contribution in [0.4, 0.5) is 19.0 Å². The Labute approximate surface area is 163 Å². The quantitative estimate of drug-likeness (QED) is 0.765. The van der Waals surface area contributed by atoms with Gasteiger partial charge in [0.15, 0.2) is 5.82 Å². The Balaban J connectivity index is 1.66. The lowest BCUT2D eigenvalue weighted by Gasteiger charge is -2.41. The van der Waals surface area contributed by atoms with Crippen LogP contribution >= 0.6 is 0 Å². The van der Waals surface area contributed by atoms with Crippen LogP contribution < -0.4 is 4.90 Å². The fourth-order valence-corrected chi connectivity index (χ4v) is 4.45. The molecule has 150 valence electrons. The lowest BCUT2D eigenvalue weighted by Crippen LogP contribution is -2.49. The summed E-state index contributed by atoms with van der Waals surface area (Å²) in [5, 5.41) is 8.98. The first kappa shape index (κ1) is 19.2. The summed E-state index contributed by atoms with van der Waals surface area (Å²) >= 11 is 0. The SMILES string of the molecule is Cc1c(-c2ccc(C(F)(F)F)cc2)nnc2c1CCCN2[C@H]1CCCN(C)C1. The molecule has 0 aliphatic carbocycles. The molecule has 4 rings (SSSR count). The first-order valence-corrected chi connectivity index (χ1v) is 9.83. The Morgan fingerprint density at radius 2 is 1.79 bits per heavy atom. The molecular weight excluding hydrogens is 365 g/mol. The maximum Gasteiger partial charge on any atom is 0.416 e. The fourth-order valence-electron chi connectivity index (χ4n) is 4.45. The first-order chi connectivity index (χ1) is 13.3. The Morgan fingerprint density at radius 3 is 2.46 bits per heavy atom. The van der Waals surface area contributed by atoms with Crippen molar-refractivity contribution in [3.63, 3.8) is 0 Å². The van der Waals surface area contributed by atoms with Gasteiger partial charge in [0.1, 0.15) is 0 Å². The lowest BCUT2D eigenvalue weighted by atomic mass is 9.94. The zero-order valence-electron chi connectivity index (χ0n) is 16.3. The molecule has 4 nitrogen and oxygen atoms in total. The number of piperidine rings is 1. The second-order valence-corrected chi connectivity index (χ2v) is 7.91. The molecule has 7 heteroatoms. The molecule has 2 aliphatic rings. The maximum atomic E-state index is 12.8. The van der Waals surface area contributed by atoms with E-state index in [4.69, 9.17) is 0 Å². The second kappa shape index (κ2) is 7.35. The largest absolute Gasteiger partial charge is 0.416 e. The molecule has 2 aliphatic heterocycles. The van der Waals surface area contributed by atoms with Gasteiger partial charge in [0.25, 0.3) is 0 Å². The highest BCUT2D eigenvalue weighted by Crippen LogP contribution is 2.35. The highest BCUT2D eigenvalue weighted by molar-refractivity contribution is 5.68. The van der Waals surface area contributed by atoms with Crippen molar-refractivity contribution in [2.75, 3.05) is 31.6 Å². The molecule has 0 radical (unpaired) electrons. The van der Waals surface area contributed by atoms with E-state index in [2.05, 4.69) is 27.0 Å². The van der Waals surface area contributed by atoms with Gasteiger partial charge in [-0.1, -0.05) is 12.1 Å². The molecule has 1 aromatic heterocycles. The van der Waals surface area contributed by atoms with Crippen molar-refractivity contribution in [2.24, 2.45) is 0 Å². The Hall–Kier alpha value is -2.15. The molecule has 1 atom stereocenters. The molecule has 1 saturated heterocycles. The summed E-state index contributed by atoms with van der Waals surface area (Å²) in [5.41, 5.74) is 2.92. The van der Waals surface area contributed by atoms with Gasteiger partial charge in [0.2, 0.25) is 0 Å². The van der Waals surface area contributed by atoms with Crippen molar-refractivity contribution in [1.82, 2.24) is 15.1 Å². The molecule has 1 fully saturated rings. The fraction of sp³-hybridized carbons (Fsp3) is 0.524. The number of alkyl halides is 3. The number of anilines is 1. The first-order valence-electron chi connectivity index (χ1n) is 9.83. The monoisotopic (exact) mass is 390 g/mol. The molecule has 1 aromatic carbocycles. The number of fused-ring (bicyclic) bond motifs is 1. The minimum absolute atomic E-state index is 0.448. The lowest BCUT2D eigenvalue weighted by molar-refractivity contribution is -0.137. The molecule has 0 spiro atoms. The van der Waals surface area contributed by atoms with E-state index < -0.39 is 11.7 Å². The normalized spacial score (nSPS) is 20.9. The zero-order valence-corrected chi connectivity index (χ0v) is 16.3. The predicted molar refractivity (Wildman–Crippen MR) is 103 cm³/mol. The van der Waals surface area contributed by atoms with Crippen LogP contribution in [-0.2, 0) is 12.6 Å². The van der Waals surface area contributed by atoms with Crippen LogP contribution in [-0.4, -0.2) is 47.8 Å². The molecule has 0 unspecified atom stereocenters. The van der Waals surface area contributed by atoms with Crippen LogP contribution in [0, 0.1) is 6.92 Å². The smallest absolute Gasteiger partial charge is 0.351 e. The Kier molecular flexibility index (Phi) is 5.04. The molecule has 0 amide bonds. The number of likely N-dealkylation sites (N-methyl/N-ethyl adjacent to an activating group) is 1. The van der Waals surface area contributed by atoms with Crippen molar-refractivity contribution >= 4 is 5.82 Å². The van der Waals surface area contributed by atoms with Gasteiger partial charge in [-0.15, -0.1) is 10.2 Å². The van der Waals surface area contributed by atoms with E-state index in [1.54, 1.807) is 0 Å². The Morgan fingerprint density at radius 1 is 1.04 bits per heavy atom. The molecule has 3 heterocycles. The number of hydrogen-bond donors (Lipinski definition) is 0.